The van der Waals surface area contributed by atoms with Gasteiger partial charge in [0.1, 0.15) is 5.76 Å². The molecule has 0 aliphatic carbocycles. The van der Waals surface area contributed by atoms with Gasteiger partial charge in [-0.1, -0.05) is 114 Å². The van der Waals surface area contributed by atoms with Crippen molar-refractivity contribution in [3.8, 4) is 0 Å². The summed E-state index contributed by atoms with van der Waals surface area (Å²) in [7, 11) is 0. The molecule has 2 unspecified atom stereocenters. The number of hydrogen-bond acceptors (Lipinski definition) is 3. The molecule has 0 spiro atoms. The molecule has 1 aromatic carbocycles. The molecule has 35 heavy (non-hydrogen) atoms. The van der Waals surface area contributed by atoms with Crippen LogP contribution in [0, 0.1) is 0 Å². The summed E-state index contributed by atoms with van der Waals surface area (Å²) in [6.07, 6.45) is 23.0. The van der Waals surface area contributed by atoms with Crippen molar-refractivity contribution < 1.29 is 14.3 Å². The molecule has 2 atom stereocenters. The molecule has 0 saturated carbocycles. The standard InChI is InChI=1S/C24H32O2.C8H18O/c1-3-5-7-8-9-10-15-19-23(18-12-6-4-2)26-24(25)21-20-22-16-13-11-14-17-22;1-5-7(3)9-8(4)6-2/h4,6,11-14,16-18,20-21H,2-3,5,7-10,15,19H2,1H3;7-8H,5-6H2,1-4H3. The minimum absolute atomic E-state index is 0.338. The smallest absolute Gasteiger partial charge is 0.335 e. The molecule has 3 nitrogen and oxygen atoms in total. The maximum Gasteiger partial charge on any atom is 0.335 e. The van der Waals surface area contributed by atoms with Crippen LogP contribution in [0.15, 0.2) is 73.1 Å². The van der Waals surface area contributed by atoms with Gasteiger partial charge in [-0.05, 0) is 50.8 Å². The molecule has 1 rings (SSSR count). The van der Waals surface area contributed by atoms with Crippen molar-refractivity contribution in [1.82, 2.24) is 0 Å². The van der Waals surface area contributed by atoms with Gasteiger partial charge < -0.3 is 9.47 Å². The predicted octanol–water partition coefficient (Wildman–Crippen LogP) is 9.61. The van der Waals surface area contributed by atoms with Crippen LogP contribution in [-0.2, 0) is 14.3 Å². The monoisotopic (exact) mass is 482 g/mol. The van der Waals surface area contributed by atoms with Gasteiger partial charge in [-0.25, -0.2) is 4.79 Å². The molecule has 3 heteroatoms. The fraction of sp³-hybridized carbons (Fsp3) is 0.531. The zero-order chi connectivity index (χ0) is 26.2. The van der Waals surface area contributed by atoms with Crippen LogP contribution >= 0.6 is 0 Å². The normalized spacial score (nSPS) is 13.3. The molecular formula is C32H50O3. The van der Waals surface area contributed by atoms with Crippen LogP contribution in [0.3, 0.4) is 0 Å². The van der Waals surface area contributed by atoms with E-state index in [0.717, 1.165) is 31.2 Å². The van der Waals surface area contributed by atoms with Gasteiger partial charge in [0.15, 0.2) is 0 Å². The lowest BCUT2D eigenvalue weighted by molar-refractivity contribution is -0.133. The van der Waals surface area contributed by atoms with Gasteiger partial charge in [-0.15, -0.1) is 0 Å². The van der Waals surface area contributed by atoms with E-state index in [4.69, 9.17) is 9.47 Å². The van der Waals surface area contributed by atoms with Crippen molar-refractivity contribution >= 4 is 12.0 Å². The predicted molar refractivity (Wildman–Crippen MR) is 152 cm³/mol. The highest BCUT2D eigenvalue weighted by molar-refractivity contribution is 5.87. The van der Waals surface area contributed by atoms with Gasteiger partial charge in [0.05, 0.1) is 12.2 Å². The number of carbonyl (C=O) groups is 1. The van der Waals surface area contributed by atoms with Crippen LogP contribution in [0.4, 0.5) is 0 Å². The first-order valence-electron chi connectivity index (χ1n) is 13.5. The number of carbonyl (C=O) groups excluding carboxylic acids is 1. The number of ether oxygens (including phenoxy) is 2. The van der Waals surface area contributed by atoms with Crippen LogP contribution in [-0.4, -0.2) is 18.2 Å². The third-order valence-electron chi connectivity index (χ3n) is 5.61. The van der Waals surface area contributed by atoms with Gasteiger partial charge in [0.2, 0.25) is 0 Å². The van der Waals surface area contributed by atoms with E-state index >= 15 is 0 Å². The first-order chi connectivity index (χ1) is 17.0. The Bertz CT molecular complexity index is 722. The summed E-state index contributed by atoms with van der Waals surface area (Å²) >= 11 is 0. The fourth-order valence-electron chi connectivity index (χ4n) is 3.15. The number of benzene rings is 1. The Hall–Kier alpha value is -2.39. The molecule has 0 amide bonds. The van der Waals surface area contributed by atoms with Crippen LogP contribution in [0.1, 0.15) is 104 Å². The number of rotatable bonds is 17. The van der Waals surface area contributed by atoms with Gasteiger partial charge in [-0.3, -0.25) is 0 Å². The lowest BCUT2D eigenvalue weighted by atomic mass is 10.1. The lowest BCUT2D eigenvalue weighted by Gasteiger charge is -2.15. The molecule has 0 fully saturated rings. The Morgan fingerprint density at radius 3 is 2.06 bits per heavy atom. The first kappa shape index (κ1) is 32.6. The molecule has 0 radical (unpaired) electrons. The van der Waals surface area contributed by atoms with E-state index in [-0.39, 0.29) is 5.97 Å². The molecular weight excluding hydrogens is 432 g/mol. The molecule has 196 valence electrons. The third kappa shape index (κ3) is 20.7. The van der Waals surface area contributed by atoms with E-state index < -0.39 is 0 Å². The molecule has 1 aromatic rings. The number of unbranched alkanes of at least 4 members (excludes halogenated alkanes) is 6. The summed E-state index contributed by atoms with van der Waals surface area (Å²) in [5.74, 6) is 0.370. The highest BCUT2D eigenvalue weighted by Crippen LogP contribution is 2.14. The second kappa shape index (κ2) is 23.4. The van der Waals surface area contributed by atoms with E-state index in [9.17, 15) is 4.79 Å². The largest absolute Gasteiger partial charge is 0.428 e. The van der Waals surface area contributed by atoms with Crippen molar-refractivity contribution in [2.24, 2.45) is 0 Å². The highest BCUT2D eigenvalue weighted by Gasteiger charge is 2.04. The van der Waals surface area contributed by atoms with Crippen LogP contribution in [0.2, 0.25) is 0 Å². The summed E-state index contributed by atoms with van der Waals surface area (Å²) in [4.78, 5) is 12.1. The molecule has 0 N–H and O–H groups in total. The number of hydrogen-bond donors (Lipinski definition) is 0. The zero-order valence-electron chi connectivity index (χ0n) is 23.0. The number of allylic oxidation sites excluding steroid dienone is 5. The topological polar surface area (TPSA) is 35.5 Å². The summed E-state index contributed by atoms with van der Waals surface area (Å²) < 4.78 is 11.1. The Morgan fingerprint density at radius 1 is 0.886 bits per heavy atom. The van der Waals surface area contributed by atoms with Gasteiger partial charge >= 0.3 is 5.97 Å². The summed E-state index contributed by atoms with van der Waals surface area (Å²) in [5, 5.41) is 0. The quantitative estimate of drug-likeness (QED) is 0.0729. The molecule has 0 aliphatic rings. The molecule has 0 aromatic heterocycles. The minimum Gasteiger partial charge on any atom is -0.428 e. The van der Waals surface area contributed by atoms with Gasteiger partial charge in [-0.2, -0.15) is 0 Å². The second-order valence-electron chi connectivity index (χ2n) is 8.86. The Labute approximate surface area is 216 Å². The van der Waals surface area contributed by atoms with Crippen molar-refractivity contribution in [3.63, 3.8) is 0 Å². The molecule has 0 saturated heterocycles. The lowest BCUT2D eigenvalue weighted by Crippen LogP contribution is -2.14. The van der Waals surface area contributed by atoms with Crippen molar-refractivity contribution in [2.75, 3.05) is 0 Å². The highest BCUT2D eigenvalue weighted by atomic mass is 16.5. The average Bonchev–Trinajstić information content (AvgIpc) is 2.87. The summed E-state index contributed by atoms with van der Waals surface area (Å²) in [6.45, 7) is 14.4. The zero-order valence-corrected chi connectivity index (χ0v) is 23.0. The van der Waals surface area contributed by atoms with Crippen molar-refractivity contribution in [1.29, 1.82) is 0 Å². The Balaban J connectivity index is 0.00000109. The molecule has 0 heterocycles. The Kier molecular flexibility index (Phi) is 21.8. The maximum absolute atomic E-state index is 12.1. The minimum atomic E-state index is -0.338. The average molecular weight is 483 g/mol. The Morgan fingerprint density at radius 2 is 1.49 bits per heavy atom. The van der Waals surface area contributed by atoms with Crippen molar-refractivity contribution in [2.45, 2.75) is 111 Å². The van der Waals surface area contributed by atoms with Gasteiger partial charge in [0, 0.05) is 12.5 Å². The van der Waals surface area contributed by atoms with E-state index in [0.29, 0.717) is 18.0 Å². The van der Waals surface area contributed by atoms with E-state index in [1.54, 1.807) is 12.2 Å². The van der Waals surface area contributed by atoms with Crippen molar-refractivity contribution in [3.05, 3.63) is 78.6 Å². The summed E-state index contributed by atoms with van der Waals surface area (Å²) in [6, 6.07) is 9.73. The SMILES string of the molecule is C=CC=CC=C(CCCCCCCCC)OC(=O)C=Cc1ccccc1.CCC(C)OC(C)CC. The van der Waals surface area contributed by atoms with Crippen LogP contribution < -0.4 is 0 Å². The van der Waals surface area contributed by atoms with Crippen LogP contribution in [0.25, 0.3) is 6.08 Å². The maximum atomic E-state index is 12.1. The third-order valence-corrected chi connectivity index (χ3v) is 5.61. The van der Waals surface area contributed by atoms with E-state index in [2.05, 4.69) is 41.2 Å². The number of esters is 1. The van der Waals surface area contributed by atoms with Gasteiger partial charge in [0.25, 0.3) is 0 Å². The second-order valence-corrected chi connectivity index (χ2v) is 8.86. The molecule has 0 bridgehead atoms. The summed E-state index contributed by atoms with van der Waals surface area (Å²) in [5.41, 5.74) is 0.980. The molecule has 0 aliphatic heterocycles. The van der Waals surface area contributed by atoms with E-state index in [1.807, 2.05) is 48.6 Å². The fourth-order valence-corrected chi connectivity index (χ4v) is 3.15. The van der Waals surface area contributed by atoms with E-state index in [1.165, 1.54) is 44.6 Å². The van der Waals surface area contributed by atoms with Crippen LogP contribution in [0.5, 0.6) is 0 Å². The first-order valence-corrected chi connectivity index (χ1v) is 13.5.